The van der Waals surface area contributed by atoms with Crippen LogP contribution >= 0.6 is 11.3 Å². The molecule has 27 heavy (non-hydrogen) atoms. The van der Waals surface area contributed by atoms with E-state index in [1.54, 1.807) is 40.5 Å². The standard InChI is InChI=1S/C19H14F3NO3S/c20-19(21,22)26-13-5-3-12(4-6-13)17-14-8-11-27-16(14)7-9-23(17)18(24)15-2-1-10-25-15/h1-6,8,10-11,17H,7,9H2/t17-/m1/s1. The number of thiophene rings is 1. The van der Waals surface area contributed by atoms with Crippen molar-refractivity contribution in [1.29, 1.82) is 0 Å². The average Bonchev–Trinajstić information content (AvgIpc) is 3.31. The van der Waals surface area contributed by atoms with Gasteiger partial charge in [-0.3, -0.25) is 4.79 Å². The van der Waals surface area contributed by atoms with Crippen LogP contribution in [-0.4, -0.2) is 23.7 Å². The maximum Gasteiger partial charge on any atom is 0.573 e. The van der Waals surface area contributed by atoms with Gasteiger partial charge in [0.1, 0.15) is 5.75 Å². The van der Waals surface area contributed by atoms with E-state index in [0.717, 1.165) is 12.0 Å². The van der Waals surface area contributed by atoms with Gasteiger partial charge in [0.2, 0.25) is 0 Å². The minimum Gasteiger partial charge on any atom is -0.459 e. The monoisotopic (exact) mass is 393 g/mol. The Bertz CT molecular complexity index is 932. The molecule has 8 heteroatoms. The maximum atomic E-state index is 12.9. The molecule has 140 valence electrons. The number of fused-ring (bicyclic) bond motifs is 1. The van der Waals surface area contributed by atoms with E-state index in [0.29, 0.717) is 12.1 Å². The molecule has 4 rings (SSSR count). The van der Waals surface area contributed by atoms with Crippen molar-refractivity contribution >= 4 is 17.2 Å². The zero-order valence-corrected chi connectivity index (χ0v) is 14.7. The van der Waals surface area contributed by atoms with Gasteiger partial charge in [-0.2, -0.15) is 0 Å². The molecule has 2 aromatic heterocycles. The van der Waals surface area contributed by atoms with E-state index in [4.69, 9.17) is 4.42 Å². The van der Waals surface area contributed by atoms with Gasteiger partial charge in [-0.1, -0.05) is 12.1 Å². The van der Waals surface area contributed by atoms with E-state index in [1.165, 1.54) is 23.3 Å². The number of rotatable bonds is 3. The van der Waals surface area contributed by atoms with Crippen molar-refractivity contribution in [3.05, 3.63) is 75.9 Å². The van der Waals surface area contributed by atoms with E-state index in [9.17, 15) is 18.0 Å². The van der Waals surface area contributed by atoms with Crippen LogP contribution in [0.5, 0.6) is 5.75 Å². The van der Waals surface area contributed by atoms with Gasteiger partial charge in [0.15, 0.2) is 5.76 Å². The number of ether oxygens (including phenoxy) is 1. The van der Waals surface area contributed by atoms with Gasteiger partial charge in [0, 0.05) is 11.4 Å². The molecule has 0 saturated heterocycles. The number of carbonyl (C=O) groups is 1. The molecule has 0 bridgehead atoms. The van der Waals surface area contributed by atoms with Gasteiger partial charge in [-0.05, 0) is 53.3 Å². The zero-order valence-electron chi connectivity index (χ0n) is 13.9. The number of nitrogens with zero attached hydrogens (tertiary/aromatic N) is 1. The van der Waals surface area contributed by atoms with Crippen LogP contribution in [0.1, 0.15) is 32.6 Å². The van der Waals surface area contributed by atoms with Crippen LogP contribution in [0.4, 0.5) is 13.2 Å². The molecule has 1 aromatic carbocycles. The zero-order chi connectivity index (χ0) is 19.0. The number of carbonyl (C=O) groups excluding carboxylic acids is 1. The van der Waals surface area contributed by atoms with Crippen molar-refractivity contribution in [2.45, 2.75) is 18.8 Å². The van der Waals surface area contributed by atoms with Gasteiger partial charge < -0.3 is 14.1 Å². The number of hydrogen-bond acceptors (Lipinski definition) is 4. The van der Waals surface area contributed by atoms with Gasteiger partial charge in [0.05, 0.1) is 12.3 Å². The molecule has 1 amide bonds. The summed E-state index contributed by atoms with van der Waals surface area (Å²) in [6.07, 6.45) is -2.58. The second-order valence-electron chi connectivity index (χ2n) is 6.04. The number of halogens is 3. The Kier molecular flexibility index (Phi) is 4.43. The molecule has 3 heterocycles. The summed E-state index contributed by atoms with van der Waals surface area (Å²) in [5.74, 6) is -0.315. The molecule has 0 spiro atoms. The molecular weight excluding hydrogens is 379 g/mol. The van der Waals surface area contributed by atoms with Crippen LogP contribution < -0.4 is 4.74 Å². The summed E-state index contributed by atoms with van der Waals surface area (Å²) in [4.78, 5) is 15.7. The second kappa shape index (κ2) is 6.77. The number of alkyl halides is 3. The number of amides is 1. The van der Waals surface area contributed by atoms with Crippen LogP contribution in [0.25, 0.3) is 0 Å². The highest BCUT2D eigenvalue weighted by Crippen LogP contribution is 2.39. The van der Waals surface area contributed by atoms with Crippen molar-refractivity contribution in [3.8, 4) is 5.75 Å². The quantitative estimate of drug-likeness (QED) is 0.627. The number of benzene rings is 1. The lowest BCUT2D eigenvalue weighted by Gasteiger charge is -2.35. The van der Waals surface area contributed by atoms with Crippen molar-refractivity contribution in [1.82, 2.24) is 4.90 Å². The van der Waals surface area contributed by atoms with Crippen molar-refractivity contribution in [3.63, 3.8) is 0 Å². The molecule has 3 aromatic rings. The summed E-state index contributed by atoms with van der Waals surface area (Å²) >= 11 is 1.61. The highest BCUT2D eigenvalue weighted by atomic mass is 32.1. The van der Waals surface area contributed by atoms with Gasteiger partial charge in [-0.15, -0.1) is 24.5 Å². The molecule has 4 nitrogen and oxygen atoms in total. The van der Waals surface area contributed by atoms with E-state index < -0.39 is 12.4 Å². The maximum absolute atomic E-state index is 12.9. The van der Waals surface area contributed by atoms with Gasteiger partial charge in [-0.25, -0.2) is 0 Å². The Hall–Kier alpha value is -2.74. The first-order valence-electron chi connectivity index (χ1n) is 8.19. The lowest BCUT2D eigenvalue weighted by atomic mass is 9.93. The average molecular weight is 393 g/mol. The first kappa shape index (κ1) is 17.7. The minimum atomic E-state index is -4.74. The van der Waals surface area contributed by atoms with Crippen LogP contribution in [0.2, 0.25) is 0 Å². The Balaban J connectivity index is 1.69. The summed E-state index contributed by atoms with van der Waals surface area (Å²) in [5, 5.41) is 1.96. The summed E-state index contributed by atoms with van der Waals surface area (Å²) in [6, 6.07) is 10.4. The third-order valence-electron chi connectivity index (χ3n) is 4.39. The Labute approximate surface area is 156 Å². The minimum absolute atomic E-state index is 0.232. The van der Waals surface area contributed by atoms with Crippen LogP contribution in [0.3, 0.4) is 0 Å². The Morgan fingerprint density at radius 2 is 1.96 bits per heavy atom. The molecule has 0 N–H and O–H groups in total. The van der Waals surface area contributed by atoms with Crippen LogP contribution in [0, 0.1) is 0 Å². The SMILES string of the molecule is O=C(c1ccco1)N1CCc2sccc2[C@H]1c1ccc(OC(F)(F)F)cc1. The Morgan fingerprint density at radius 1 is 1.19 bits per heavy atom. The molecule has 0 radical (unpaired) electrons. The summed E-state index contributed by atoms with van der Waals surface area (Å²) in [5.41, 5.74) is 1.69. The first-order chi connectivity index (χ1) is 12.9. The van der Waals surface area contributed by atoms with E-state index >= 15 is 0 Å². The third-order valence-corrected chi connectivity index (χ3v) is 5.38. The van der Waals surface area contributed by atoms with Crippen LogP contribution in [-0.2, 0) is 6.42 Å². The summed E-state index contributed by atoms with van der Waals surface area (Å²) in [6.45, 7) is 0.499. The molecule has 0 aliphatic carbocycles. The molecule has 0 saturated carbocycles. The molecular formula is C19H14F3NO3S. The molecule has 1 atom stereocenters. The Morgan fingerprint density at radius 3 is 2.63 bits per heavy atom. The highest BCUT2D eigenvalue weighted by molar-refractivity contribution is 7.10. The van der Waals surface area contributed by atoms with Gasteiger partial charge >= 0.3 is 6.36 Å². The van der Waals surface area contributed by atoms with Crippen molar-refractivity contribution in [2.75, 3.05) is 6.54 Å². The van der Waals surface area contributed by atoms with Crippen molar-refractivity contribution in [2.24, 2.45) is 0 Å². The number of hydrogen-bond donors (Lipinski definition) is 0. The fraction of sp³-hybridized carbons (Fsp3) is 0.211. The first-order valence-corrected chi connectivity index (χ1v) is 9.07. The topological polar surface area (TPSA) is 42.7 Å². The lowest BCUT2D eigenvalue weighted by molar-refractivity contribution is -0.274. The molecule has 0 unspecified atom stereocenters. The van der Waals surface area contributed by atoms with E-state index in [2.05, 4.69) is 4.74 Å². The fourth-order valence-corrected chi connectivity index (χ4v) is 4.19. The molecule has 0 fully saturated rings. The summed E-state index contributed by atoms with van der Waals surface area (Å²) < 4.78 is 46.4. The smallest absolute Gasteiger partial charge is 0.459 e. The largest absolute Gasteiger partial charge is 0.573 e. The van der Waals surface area contributed by atoms with E-state index in [-0.39, 0.29) is 17.4 Å². The molecule has 1 aliphatic rings. The van der Waals surface area contributed by atoms with Crippen LogP contribution in [0.15, 0.2) is 58.5 Å². The van der Waals surface area contributed by atoms with E-state index in [1.807, 2.05) is 11.4 Å². The normalized spacial score (nSPS) is 16.9. The second-order valence-corrected chi connectivity index (χ2v) is 7.05. The van der Waals surface area contributed by atoms with Gasteiger partial charge in [0.25, 0.3) is 5.91 Å². The lowest BCUT2D eigenvalue weighted by Crippen LogP contribution is -2.39. The number of furan rings is 1. The highest BCUT2D eigenvalue weighted by Gasteiger charge is 2.35. The predicted molar refractivity (Wildman–Crippen MR) is 92.7 cm³/mol. The summed E-state index contributed by atoms with van der Waals surface area (Å²) in [7, 11) is 0. The fourth-order valence-electron chi connectivity index (χ4n) is 3.29. The third kappa shape index (κ3) is 3.57. The molecule has 1 aliphatic heterocycles. The predicted octanol–water partition coefficient (Wildman–Crippen LogP) is 5.03. The van der Waals surface area contributed by atoms with Crippen molar-refractivity contribution < 1.29 is 27.1 Å².